The first-order valence-electron chi connectivity index (χ1n) is 12.4. The zero-order valence-corrected chi connectivity index (χ0v) is 20.5. The maximum Gasteiger partial charge on any atom is 0.254 e. The molecule has 4 heterocycles. The summed E-state index contributed by atoms with van der Waals surface area (Å²) in [5, 5.41) is 0. The number of hydrogen-bond acceptors (Lipinski definition) is 4. The number of methoxy groups -OCH3 is 1. The number of amides is 2. The molecule has 0 N–H and O–H groups in total. The number of ether oxygens (including phenoxy) is 1. The molecule has 0 aliphatic carbocycles. The van der Waals surface area contributed by atoms with Crippen LogP contribution in [0.25, 0.3) is 0 Å². The van der Waals surface area contributed by atoms with Gasteiger partial charge in [0.15, 0.2) is 0 Å². The van der Waals surface area contributed by atoms with Crippen molar-refractivity contribution < 1.29 is 14.3 Å². The van der Waals surface area contributed by atoms with Gasteiger partial charge in [-0.1, -0.05) is 36.4 Å². The van der Waals surface area contributed by atoms with Crippen LogP contribution in [0.3, 0.4) is 0 Å². The van der Waals surface area contributed by atoms with Gasteiger partial charge in [-0.2, -0.15) is 0 Å². The monoisotopic (exact) mass is 483 g/mol. The SMILES string of the molecule is COc1ccc([C@H]2[C@H](C(=O)N3C[C@H]4C[C@@H](C3)c3cccc(=O)n3C4)c3ccccc3C(=O)N2C)cc1. The quantitative estimate of drug-likeness (QED) is 0.573. The number of pyridine rings is 1. The third-order valence-corrected chi connectivity index (χ3v) is 8.09. The minimum atomic E-state index is -0.519. The normalized spacial score (nSPS) is 24.7. The lowest BCUT2D eigenvalue weighted by Crippen LogP contribution is -2.53. The molecule has 6 rings (SSSR count). The number of nitrogens with zero attached hydrogens (tertiary/aromatic N) is 3. The van der Waals surface area contributed by atoms with Crippen LogP contribution >= 0.6 is 0 Å². The number of piperidine rings is 1. The topological polar surface area (TPSA) is 71.8 Å². The molecule has 36 heavy (non-hydrogen) atoms. The summed E-state index contributed by atoms with van der Waals surface area (Å²) < 4.78 is 7.21. The Labute approximate surface area is 209 Å². The molecule has 0 unspecified atom stereocenters. The van der Waals surface area contributed by atoms with E-state index in [1.54, 1.807) is 25.1 Å². The van der Waals surface area contributed by atoms with Crippen molar-refractivity contribution in [1.29, 1.82) is 0 Å². The first-order valence-corrected chi connectivity index (χ1v) is 12.4. The van der Waals surface area contributed by atoms with E-state index in [1.807, 2.05) is 70.1 Å². The van der Waals surface area contributed by atoms with Crippen LogP contribution in [0, 0.1) is 5.92 Å². The average Bonchev–Trinajstić information content (AvgIpc) is 2.91. The first kappa shape index (κ1) is 22.6. The molecule has 2 amide bonds. The van der Waals surface area contributed by atoms with Crippen LogP contribution in [0.1, 0.15) is 51.5 Å². The number of fused-ring (bicyclic) bond motifs is 5. The Morgan fingerprint density at radius 3 is 2.47 bits per heavy atom. The lowest BCUT2D eigenvalue weighted by Gasteiger charge is -2.46. The fraction of sp³-hybridized carbons (Fsp3) is 0.345. The Bertz CT molecular complexity index is 1400. The van der Waals surface area contributed by atoms with Gasteiger partial charge in [0.25, 0.3) is 11.5 Å². The lowest BCUT2D eigenvalue weighted by atomic mass is 9.77. The van der Waals surface area contributed by atoms with E-state index in [1.165, 1.54) is 0 Å². The maximum absolute atomic E-state index is 14.4. The van der Waals surface area contributed by atoms with Crippen molar-refractivity contribution in [3.8, 4) is 5.75 Å². The first-order chi connectivity index (χ1) is 17.5. The van der Waals surface area contributed by atoms with Crippen LogP contribution in [-0.2, 0) is 11.3 Å². The standard InChI is InChI=1S/C29H29N3O4/c1-30-27(19-10-12-21(36-2)13-11-19)26(22-6-3-4-7-23(22)28(30)34)29(35)31-15-18-14-20(17-31)24-8-5-9-25(33)32(24)16-18/h3-13,18,20,26-27H,14-17H2,1-2H3/t18-,20+,26-,27+/m1/s1. The molecule has 1 saturated heterocycles. The summed E-state index contributed by atoms with van der Waals surface area (Å²) in [7, 11) is 3.40. The molecule has 3 aliphatic heterocycles. The van der Waals surface area contributed by atoms with Crippen molar-refractivity contribution in [1.82, 2.24) is 14.4 Å². The largest absolute Gasteiger partial charge is 0.497 e. The lowest BCUT2D eigenvalue weighted by molar-refractivity contribution is -0.137. The second kappa shape index (κ2) is 8.66. The van der Waals surface area contributed by atoms with Crippen molar-refractivity contribution >= 4 is 11.8 Å². The van der Waals surface area contributed by atoms with Gasteiger partial charge in [0.2, 0.25) is 5.91 Å². The molecule has 3 aromatic rings. The van der Waals surface area contributed by atoms with Crippen molar-refractivity contribution in [3.63, 3.8) is 0 Å². The number of carbonyl (C=O) groups excluding carboxylic acids is 2. The summed E-state index contributed by atoms with van der Waals surface area (Å²) in [6.45, 7) is 1.82. The third-order valence-electron chi connectivity index (χ3n) is 8.09. The van der Waals surface area contributed by atoms with Crippen LogP contribution in [0.5, 0.6) is 5.75 Å². The molecule has 4 atom stereocenters. The molecule has 1 fully saturated rings. The van der Waals surface area contributed by atoms with E-state index >= 15 is 0 Å². The van der Waals surface area contributed by atoms with Gasteiger partial charge in [-0.05, 0) is 47.7 Å². The van der Waals surface area contributed by atoms with Crippen molar-refractivity contribution in [2.45, 2.75) is 30.8 Å². The van der Waals surface area contributed by atoms with Crippen molar-refractivity contribution in [3.05, 3.63) is 99.5 Å². The summed E-state index contributed by atoms with van der Waals surface area (Å²) in [4.78, 5) is 43.8. The fourth-order valence-corrected chi connectivity index (χ4v) is 6.43. The van der Waals surface area contributed by atoms with E-state index in [-0.39, 0.29) is 29.2 Å². The fourth-order valence-electron chi connectivity index (χ4n) is 6.43. The van der Waals surface area contributed by atoms with Gasteiger partial charge in [0.1, 0.15) is 5.75 Å². The van der Waals surface area contributed by atoms with Gasteiger partial charge in [-0.25, -0.2) is 0 Å². The van der Waals surface area contributed by atoms with E-state index in [0.29, 0.717) is 25.2 Å². The van der Waals surface area contributed by atoms with Crippen LogP contribution in [0.15, 0.2) is 71.5 Å². The molecule has 1 aromatic heterocycles. The molecule has 3 aliphatic rings. The van der Waals surface area contributed by atoms with E-state index in [9.17, 15) is 14.4 Å². The highest BCUT2D eigenvalue weighted by Gasteiger charge is 2.46. The predicted octanol–water partition coefficient (Wildman–Crippen LogP) is 3.41. The molecule has 2 aromatic carbocycles. The second-order valence-electron chi connectivity index (χ2n) is 10.1. The number of likely N-dealkylation sites (tertiary alicyclic amines) is 1. The Morgan fingerprint density at radius 2 is 1.69 bits per heavy atom. The zero-order chi connectivity index (χ0) is 25.0. The number of likely N-dealkylation sites (N-methyl/N-ethyl adjacent to an activating group) is 1. The smallest absolute Gasteiger partial charge is 0.254 e. The second-order valence-corrected chi connectivity index (χ2v) is 10.1. The Morgan fingerprint density at radius 1 is 0.917 bits per heavy atom. The van der Waals surface area contributed by atoms with Gasteiger partial charge in [-0.15, -0.1) is 0 Å². The molecule has 184 valence electrons. The Kier molecular flexibility index (Phi) is 5.43. The summed E-state index contributed by atoms with van der Waals surface area (Å²) >= 11 is 0. The van der Waals surface area contributed by atoms with Gasteiger partial charge in [0.05, 0.1) is 19.1 Å². The highest BCUT2D eigenvalue weighted by molar-refractivity contribution is 6.01. The number of benzene rings is 2. The minimum absolute atomic E-state index is 0.0305. The third kappa shape index (κ3) is 3.53. The van der Waals surface area contributed by atoms with Gasteiger partial charge in [0, 0.05) is 49.9 Å². The average molecular weight is 484 g/mol. The highest BCUT2D eigenvalue weighted by atomic mass is 16.5. The van der Waals surface area contributed by atoms with Crippen LogP contribution < -0.4 is 10.3 Å². The molecule has 7 nitrogen and oxygen atoms in total. The van der Waals surface area contributed by atoms with Gasteiger partial charge >= 0.3 is 0 Å². The van der Waals surface area contributed by atoms with E-state index in [2.05, 4.69) is 0 Å². The summed E-state index contributed by atoms with van der Waals surface area (Å²) in [5.74, 6) is 0.521. The molecule has 7 heteroatoms. The number of rotatable bonds is 3. The molecular weight excluding hydrogens is 454 g/mol. The van der Waals surface area contributed by atoms with Gasteiger partial charge < -0.3 is 19.1 Å². The number of hydrogen-bond donors (Lipinski definition) is 0. The predicted molar refractivity (Wildman–Crippen MR) is 135 cm³/mol. The highest BCUT2D eigenvalue weighted by Crippen LogP contribution is 2.45. The van der Waals surface area contributed by atoms with Crippen LogP contribution in [-0.4, -0.2) is 53.4 Å². The summed E-state index contributed by atoms with van der Waals surface area (Å²) in [6.07, 6.45) is 0.981. The van der Waals surface area contributed by atoms with Crippen molar-refractivity contribution in [2.24, 2.45) is 5.92 Å². The number of carbonyl (C=O) groups is 2. The Balaban J connectivity index is 1.40. The summed E-state index contributed by atoms with van der Waals surface area (Å²) in [6, 6.07) is 20.1. The number of aromatic nitrogens is 1. The van der Waals surface area contributed by atoms with Crippen LogP contribution in [0.2, 0.25) is 0 Å². The maximum atomic E-state index is 14.4. The Hall–Kier alpha value is -3.87. The zero-order valence-electron chi connectivity index (χ0n) is 20.5. The minimum Gasteiger partial charge on any atom is -0.497 e. The molecule has 0 saturated carbocycles. The van der Waals surface area contributed by atoms with E-state index < -0.39 is 12.0 Å². The summed E-state index contributed by atoms with van der Waals surface area (Å²) in [5.41, 5.74) is 3.30. The molecular formula is C29H29N3O4. The van der Waals surface area contributed by atoms with Crippen LogP contribution in [0.4, 0.5) is 0 Å². The molecule has 0 spiro atoms. The van der Waals surface area contributed by atoms with E-state index in [0.717, 1.165) is 29.0 Å². The van der Waals surface area contributed by atoms with Gasteiger partial charge in [-0.3, -0.25) is 14.4 Å². The van der Waals surface area contributed by atoms with E-state index in [4.69, 9.17) is 4.74 Å². The van der Waals surface area contributed by atoms with Crippen molar-refractivity contribution in [2.75, 3.05) is 27.2 Å². The molecule has 0 radical (unpaired) electrons. The molecule has 2 bridgehead atoms.